The van der Waals surface area contributed by atoms with Crippen LogP contribution in [0.5, 0.6) is 0 Å². The molecule has 0 bridgehead atoms. The summed E-state index contributed by atoms with van der Waals surface area (Å²) in [5.74, 6) is 0.600. The van der Waals surface area contributed by atoms with Gasteiger partial charge in [-0.2, -0.15) is 0 Å². The fourth-order valence-corrected chi connectivity index (χ4v) is 2.69. The summed E-state index contributed by atoms with van der Waals surface area (Å²) in [6, 6.07) is 24.7. The van der Waals surface area contributed by atoms with Crippen molar-refractivity contribution in [3.05, 3.63) is 85.5 Å². The minimum atomic E-state index is 0.600. The summed E-state index contributed by atoms with van der Waals surface area (Å²) >= 11 is 0. The van der Waals surface area contributed by atoms with E-state index in [1.54, 1.807) is 0 Å². The Labute approximate surface area is 134 Å². The molecule has 0 unspecified atom stereocenters. The lowest BCUT2D eigenvalue weighted by Crippen LogP contribution is -2.13. The summed E-state index contributed by atoms with van der Waals surface area (Å²) in [7, 11) is 0. The monoisotopic (exact) mass is 298 g/mol. The van der Waals surface area contributed by atoms with Crippen molar-refractivity contribution in [3.63, 3.8) is 0 Å². The van der Waals surface area contributed by atoms with E-state index in [0.717, 1.165) is 16.8 Å². The first kappa shape index (κ1) is 13.4. The average Bonchev–Trinajstić information content (AvgIpc) is 2.64. The average molecular weight is 298 g/mol. The highest BCUT2D eigenvalue weighted by Crippen LogP contribution is 2.36. The molecule has 0 aliphatic carbocycles. The summed E-state index contributed by atoms with van der Waals surface area (Å²) in [5.41, 5.74) is 2.05. The highest BCUT2D eigenvalue weighted by molar-refractivity contribution is 5.98. The Kier molecular flexibility index (Phi) is 3.41. The maximum atomic E-state index is 4.34. The molecule has 4 rings (SSSR count). The molecule has 1 aromatic heterocycles. The topological polar surface area (TPSA) is 41.9 Å². The lowest BCUT2D eigenvalue weighted by Gasteiger charge is -2.24. The van der Waals surface area contributed by atoms with Crippen LogP contribution in [0.4, 0.5) is 17.3 Å². The molecule has 3 aromatic carbocycles. The van der Waals surface area contributed by atoms with Crippen LogP contribution >= 0.6 is 0 Å². The molecule has 0 amide bonds. The standard InChI is InChI=1S/C19H14N4/c1-2-9-16(10-3-1)23(19-21-13-20-14-22-19)18-12-6-8-15-7-4-5-11-17(15)18/h1-14H. The predicted molar refractivity (Wildman–Crippen MR) is 92.0 cm³/mol. The van der Waals surface area contributed by atoms with Gasteiger partial charge in [0.25, 0.3) is 0 Å². The van der Waals surface area contributed by atoms with Gasteiger partial charge in [-0.15, -0.1) is 0 Å². The molecule has 110 valence electrons. The fraction of sp³-hybridized carbons (Fsp3) is 0. The van der Waals surface area contributed by atoms with E-state index in [4.69, 9.17) is 0 Å². The van der Waals surface area contributed by atoms with Crippen molar-refractivity contribution in [3.8, 4) is 0 Å². The maximum absolute atomic E-state index is 4.34. The second kappa shape index (κ2) is 5.85. The number of para-hydroxylation sites is 1. The van der Waals surface area contributed by atoms with E-state index in [0.29, 0.717) is 5.95 Å². The molecular weight excluding hydrogens is 284 g/mol. The van der Waals surface area contributed by atoms with Crippen LogP contribution in [0.1, 0.15) is 0 Å². The number of fused-ring (bicyclic) bond motifs is 1. The van der Waals surface area contributed by atoms with Crippen molar-refractivity contribution in [2.24, 2.45) is 0 Å². The number of rotatable bonds is 3. The molecule has 4 nitrogen and oxygen atoms in total. The van der Waals surface area contributed by atoms with Gasteiger partial charge in [-0.3, -0.25) is 4.90 Å². The maximum Gasteiger partial charge on any atom is 0.237 e. The van der Waals surface area contributed by atoms with Gasteiger partial charge >= 0.3 is 0 Å². The number of aromatic nitrogens is 3. The highest BCUT2D eigenvalue weighted by Gasteiger charge is 2.16. The quantitative estimate of drug-likeness (QED) is 0.558. The Morgan fingerprint density at radius 2 is 1.35 bits per heavy atom. The van der Waals surface area contributed by atoms with Gasteiger partial charge in [-0.1, -0.05) is 54.6 Å². The van der Waals surface area contributed by atoms with E-state index in [1.807, 2.05) is 47.4 Å². The molecule has 0 saturated heterocycles. The first-order valence-corrected chi connectivity index (χ1v) is 7.38. The zero-order valence-electron chi connectivity index (χ0n) is 12.4. The lowest BCUT2D eigenvalue weighted by atomic mass is 10.1. The Morgan fingerprint density at radius 3 is 2.17 bits per heavy atom. The van der Waals surface area contributed by atoms with Crippen LogP contribution < -0.4 is 4.90 Å². The summed E-state index contributed by atoms with van der Waals surface area (Å²) in [6.45, 7) is 0. The summed E-state index contributed by atoms with van der Waals surface area (Å²) < 4.78 is 0. The lowest BCUT2D eigenvalue weighted by molar-refractivity contribution is 1.01. The van der Waals surface area contributed by atoms with Gasteiger partial charge in [0.1, 0.15) is 12.7 Å². The van der Waals surface area contributed by atoms with Crippen LogP contribution in [0.3, 0.4) is 0 Å². The molecule has 4 aromatic rings. The summed E-state index contributed by atoms with van der Waals surface area (Å²) in [5, 5.41) is 2.33. The van der Waals surface area contributed by atoms with Gasteiger partial charge in [0.05, 0.1) is 5.69 Å². The number of hydrogen-bond acceptors (Lipinski definition) is 4. The van der Waals surface area contributed by atoms with Crippen molar-refractivity contribution in [1.82, 2.24) is 15.0 Å². The van der Waals surface area contributed by atoms with Crippen molar-refractivity contribution < 1.29 is 0 Å². The van der Waals surface area contributed by atoms with Crippen molar-refractivity contribution >= 4 is 28.1 Å². The van der Waals surface area contributed by atoms with Gasteiger partial charge in [0, 0.05) is 11.1 Å². The van der Waals surface area contributed by atoms with Crippen LogP contribution in [-0.2, 0) is 0 Å². The van der Waals surface area contributed by atoms with Gasteiger partial charge in [0.15, 0.2) is 0 Å². The number of hydrogen-bond donors (Lipinski definition) is 0. The Bertz CT molecular complexity index is 879. The molecule has 4 heteroatoms. The molecule has 0 spiro atoms. The molecule has 0 fully saturated rings. The zero-order valence-corrected chi connectivity index (χ0v) is 12.4. The van der Waals surface area contributed by atoms with E-state index in [2.05, 4.69) is 45.3 Å². The fourth-order valence-electron chi connectivity index (χ4n) is 2.69. The first-order valence-electron chi connectivity index (χ1n) is 7.38. The summed E-state index contributed by atoms with van der Waals surface area (Å²) in [4.78, 5) is 14.7. The first-order chi connectivity index (χ1) is 11.4. The zero-order chi connectivity index (χ0) is 15.5. The van der Waals surface area contributed by atoms with E-state index in [-0.39, 0.29) is 0 Å². The molecule has 0 saturated carbocycles. The number of benzene rings is 3. The number of nitrogens with zero attached hydrogens (tertiary/aromatic N) is 4. The molecule has 0 N–H and O–H groups in total. The second-order valence-electron chi connectivity index (χ2n) is 5.11. The van der Waals surface area contributed by atoms with Crippen molar-refractivity contribution in [1.29, 1.82) is 0 Å². The van der Waals surface area contributed by atoms with E-state index >= 15 is 0 Å². The van der Waals surface area contributed by atoms with E-state index < -0.39 is 0 Å². The van der Waals surface area contributed by atoms with Crippen LogP contribution in [-0.4, -0.2) is 15.0 Å². The SMILES string of the molecule is c1ccc(N(c2ncncn2)c2cccc3ccccc23)cc1. The Balaban J connectivity index is 1.98. The van der Waals surface area contributed by atoms with Crippen LogP contribution in [0.2, 0.25) is 0 Å². The third kappa shape index (κ3) is 2.51. The third-order valence-electron chi connectivity index (χ3n) is 3.70. The molecule has 0 atom stereocenters. The van der Waals surface area contributed by atoms with Crippen LogP contribution in [0, 0.1) is 0 Å². The van der Waals surface area contributed by atoms with Gasteiger partial charge in [0.2, 0.25) is 5.95 Å². The van der Waals surface area contributed by atoms with Crippen LogP contribution in [0.25, 0.3) is 10.8 Å². The van der Waals surface area contributed by atoms with Gasteiger partial charge < -0.3 is 0 Å². The van der Waals surface area contributed by atoms with Crippen molar-refractivity contribution in [2.75, 3.05) is 4.90 Å². The molecule has 0 aliphatic rings. The smallest absolute Gasteiger partial charge is 0.237 e. The second-order valence-corrected chi connectivity index (χ2v) is 5.11. The molecule has 0 radical (unpaired) electrons. The minimum absolute atomic E-state index is 0.600. The Morgan fingerprint density at radius 1 is 0.652 bits per heavy atom. The van der Waals surface area contributed by atoms with Crippen LogP contribution in [0.15, 0.2) is 85.5 Å². The third-order valence-corrected chi connectivity index (χ3v) is 3.70. The van der Waals surface area contributed by atoms with Gasteiger partial charge in [-0.05, 0) is 23.6 Å². The van der Waals surface area contributed by atoms with E-state index in [9.17, 15) is 0 Å². The molecule has 23 heavy (non-hydrogen) atoms. The molecule has 0 aliphatic heterocycles. The molecule has 1 heterocycles. The van der Waals surface area contributed by atoms with E-state index in [1.165, 1.54) is 18.0 Å². The summed E-state index contributed by atoms with van der Waals surface area (Å²) in [6.07, 6.45) is 3.03. The number of anilines is 3. The Hall–Kier alpha value is -3.27. The van der Waals surface area contributed by atoms with Gasteiger partial charge in [-0.25, -0.2) is 15.0 Å². The normalized spacial score (nSPS) is 10.6. The van der Waals surface area contributed by atoms with Crippen molar-refractivity contribution in [2.45, 2.75) is 0 Å². The molecular formula is C19H14N4. The minimum Gasteiger partial charge on any atom is -0.278 e. The predicted octanol–water partition coefficient (Wildman–Crippen LogP) is 4.49. The largest absolute Gasteiger partial charge is 0.278 e. The highest BCUT2D eigenvalue weighted by atomic mass is 15.3.